The molecule has 2 saturated heterocycles. The van der Waals surface area contributed by atoms with Crippen LogP contribution >= 0.6 is 11.8 Å². The number of aliphatic carboxylic acids is 1. The lowest BCUT2D eigenvalue weighted by molar-refractivity contribution is -0.385. The zero-order valence-electron chi connectivity index (χ0n) is 14.9. The molecule has 3 rings (SSSR count). The van der Waals surface area contributed by atoms with Gasteiger partial charge in [0.15, 0.2) is 0 Å². The Bertz CT molecular complexity index is 837. The molecular weight excluding hydrogens is 378 g/mol. The number of nitrogens with zero attached hydrogens (tertiary/aromatic N) is 4. The predicted molar refractivity (Wildman–Crippen MR) is 93.9 cm³/mol. The van der Waals surface area contributed by atoms with Gasteiger partial charge in [-0.25, -0.2) is 4.79 Å². The zero-order chi connectivity index (χ0) is 20.1. The van der Waals surface area contributed by atoms with Crippen molar-refractivity contribution in [2.24, 2.45) is 0 Å². The number of carbonyl (C=O) groups is 3. The fraction of sp³-hybridized carbons (Fsp3) is 0.600. The molecular formula is C15H19N5O6S. The Morgan fingerprint density at radius 3 is 2.70 bits per heavy atom. The summed E-state index contributed by atoms with van der Waals surface area (Å²) in [5.41, 5.74) is 0.138. The van der Waals surface area contributed by atoms with Crippen molar-refractivity contribution in [2.45, 2.75) is 55.9 Å². The number of carbonyl (C=O) groups excluding carboxylic acids is 2. The van der Waals surface area contributed by atoms with Gasteiger partial charge in [-0.3, -0.25) is 24.4 Å². The lowest BCUT2D eigenvalue weighted by atomic mass is 9.96. The predicted octanol–water partition coefficient (Wildman–Crippen LogP) is 0.122. The van der Waals surface area contributed by atoms with E-state index in [1.54, 1.807) is 13.8 Å². The zero-order valence-corrected chi connectivity index (χ0v) is 15.7. The van der Waals surface area contributed by atoms with E-state index in [1.165, 1.54) is 34.5 Å². The average Bonchev–Trinajstić information content (AvgIpc) is 3.06. The van der Waals surface area contributed by atoms with Crippen LogP contribution in [-0.2, 0) is 20.9 Å². The number of hydrogen-bond donors (Lipinski definition) is 2. The molecule has 0 radical (unpaired) electrons. The number of fused-ring (bicyclic) bond motifs is 1. The van der Waals surface area contributed by atoms with Crippen LogP contribution in [0.5, 0.6) is 0 Å². The van der Waals surface area contributed by atoms with Gasteiger partial charge in [0.25, 0.3) is 0 Å². The maximum absolute atomic E-state index is 12.3. The summed E-state index contributed by atoms with van der Waals surface area (Å²) in [5.74, 6) is -1.88. The highest BCUT2D eigenvalue weighted by atomic mass is 32.2. The number of rotatable bonds is 6. The van der Waals surface area contributed by atoms with E-state index in [0.717, 1.165) is 0 Å². The quantitative estimate of drug-likeness (QED) is 0.391. The third-order valence-electron chi connectivity index (χ3n) is 4.68. The van der Waals surface area contributed by atoms with Gasteiger partial charge in [-0.1, -0.05) is 0 Å². The van der Waals surface area contributed by atoms with E-state index in [1.807, 2.05) is 0 Å². The van der Waals surface area contributed by atoms with Crippen molar-refractivity contribution in [2.75, 3.05) is 0 Å². The Balaban J connectivity index is 1.58. The van der Waals surface area contributed by atoms with E-state index in [-0.39, 0.29) is 24.3 Å². The SMILES string of the molecule is Cc1nn(CCC(=O)N[C@H]2C(=O)N3[C@@H]2SC(C)(C)[C@H]3C(=O)O)cc1[N+](=O)[O-]. The molecule has 0 aromatic carbocycles. The lowest BCUT2D eigenvalue weighted by Crippen LogP contribution is -2.70. The normalized spacial score (nSPS) is 25.7. The molecule has 146 valence electrons. The number of amides is 2. The van der Waals surface area contributed by atoms with E-state index in [9.17, 15) is 29.6 Å². The van der Waals surface area contributed by atoms with Gasteiger partial charge < -0.3 is 15.3 Å². The van der Waals surface area contributed by atoms with E-state index in [0.29, 0.717) is 0 Å². The first-order valence-corrected chi connectivity index (χ1v) is 9.11. The monoisotopic (exact) mass is 397 g/mol. The second-order valence-electron chi connectivity index (χ2n) is 7.01. The molecule has 0 unspecified atom stereocenters. The minimum Gasteiger partial charge on any atom is -0.480 e. The van der Waals surface area contributed by atoms with E-state index in [4.69, 9.17) is 0 Å². The maximum Gasteiger partial charge on any atom is 0.327 e. The summed E-state index contributed by atoms with van der Waals surface area (Å²) >= 11 is 1.35. The van der Waals surface area contributed by atoms with Crippen LogP contribution in [0.15, 0.2) is 6.20 Å². The summed E-state index contributed by atoms with van der Waals surface area (Å²) < 4.78 is 0.660. The highest BCUT2D eigenvalue weighted by Gasteiger charge is 2.64. The number of carboxylic acid groups (broad SMARTS) is 1. The molecule has 3 heterocycles. The van der Waals surface area contributed by atoms with Crippen LogP contribution < -0.4 is 5.32 Å². The summed E-state index contributed by atoms with van der Waals surface area (Å²) in [4.78, 5) is 47.5. The number of nitro groups is 1. The smallest absolute Gasteiger partial charge is 0.327 e. The number of nitrogens with one attached hydrogen (secondary N) is 1. The van der Waals surface area contributed by atoms with Gasteiger partial charge in [0.05, 0.1) is 4.92 Å². The topological polar surface area (TPSA) is 148 Å². The third kappa shape index (κ3) is 3.24. The number of β-lactam (4-membered cyclic amide) rings is 1. The van der Waals surface area contributed by atoms with Crippen molar-refractivity contribution >= 4 is 35.2 Å². The Hall–Kier alpha value is -2.63. The Labute approximate surface area is 158 Å². The number of hydrogen-bond acceptors (Lipinski definition) is 7. The number of aromatic nitrogens is 2. The molecule has 0 aliphatic carbocycles. The highest BCUT2D eigenvalue weighted by Crippen LogP contribution is 2.50. The molecule has 2 N–H and O–H groups in total. The molecule has 11 nitrogen and oxygen atoms in total. The van der Waals surface area contributed by atoms with E-state index < -0.39 is 44.9 Å². The minimum atomic E-state index is -1.07. The largest absolute Gasteiger partial charge is 0.480 e. The fourth-order valence-electron chi connectivity index (χ4n) is 3.41. The van der Waals surface area contributed by atoms with Gasteiger partial charge in [0.1, 0.15) is 29.3 Å². The van der Waals surface area contributed by atoms with Crippen LogP contribution in [0.1, 0.15) is 26.0 Å². The lowest BCUT2D eigenvalue weighted by Gasteiger charge is -2.43. The van der Waals surface area contributed by atoms with E-state index >= 15 is 0 Å². The van der Waals surface area contributed by atoms with Crippen molar-refractivity contribution in [1.82, 2.24) is 20.0 Å². The van der Waals surface area contributed by atoms with Gasteiger partial charge in [-0.15, -0.1) is 11.8 Å². The molecule has 2 fully saturated rings. The molecule has 2 aliphatic rings. The summed E-state index contributed by atoms with van der Waals surface area (Å²) in [6.07, 6.45) is 1.25. The van der Waals surface area contributed by atoms with Gasteiger partial charge in [-0.05, 0) is 20.8 Å². The molecule has 3 atom stereocenters. The summed E-state index contributed by atoms with van der Waals surface area (Å²) in [6.45, 7) is 5.15. The van der Waals surface area contributed by atoms with Gasteiger partial charge in [0.2, 0.25) is 11.8 Å². The first-order chi connectivity index (χ1) is 12.5. The molecule has 1 aromatic heterocycles. The summed E-state index contributed by atoms with van der Waals surface area (Å²) in [6, 6.07) is -1.69. The standard InChI is InChI=1S/C15H19N5O6S/c1-7-8(20(25)26)6-18(17-7)5-4-9(21)16-10-12(22)19-11(14(23)24)15(2,3)27-13(10)19/h6,10-11,13H,4-5H2,1-3H3,(H,16,21)(H,23,24)/t10-,11+,13+/m0/s1. The molecule has 0 spiro atoms. The van der Waals surface area contributed by atoms with Crippen LogP contribution in [0.4, 0.5) is 5.69 Å². The van der Waals surface area contributed by atoms with Crippen molar-refractivity contribution in [3.8, 4) is 0 Å². The first kappa shape index (κ1) is 19.1. The van der Waals surface area contributed by atoms with Crippen LogP contribution in [0.2, 0.25) is 0 Å². The van der Waals surface area contributed by atoms with Gasteiger partial charge >= 0.3 is 11.7 Å². The molecule has 0 saturated carbocycles. The number of thioether (sulfide) groups is 1. The molecule has 0 bridgehead atoms. The first-order valence-electron chi connectivity index (χ1n) is 8.23. The Morgan fingerprint density at radius 2 is 2.15 bits per heavy atom. The maximum atomic E-state index is 12.3. The number of aryl methyl sites for hydroxylation is 2. The Morgan fingerprint density at radius 1 is 1.48 bits per heavy atom. The molecule has 27 heavy (non-hydrogen) atoms. The molecule has 1 aromatic rings. The van der Waals surface area contributed by atoms with Crippen LogP contribution in [0.25, 0.3) is 0 Å². The van der Waals surface area contributed by atoms with Crippen molar-refractivity contribution in [1.29, 1.82) is 0 Å². The molecule has 2 amide bonds. The van der Waals surface area contributed by atoms with Crippen LogP contribution in [0, 0.1) is 17.0 Å². The second-order valence-corrected chi connectivity index (χ2v) is 8.78. The molecule has 12 heteroatoms. The van der Waals surface area contributed by atoms with Crippen LogP contribution in [-0.4, -0.2) is 64.7 Å². The summed E-state index contributed by atoms with van der Waals surface area (Å²) in [7, 11) is 0. The fourth-order valence-corrected chi connectivity index (χ4v) is 5.03. The Kier molecular flexibility index (Phi) is 4.62. The number of carboxylic acids is 1. The van der Waals surface area contributed by atoms with Crippen molar-refractivity contribution in [3.63, 3.8) is 0 Å². The third-order valence-corrected chi connectivity index (χ3v) is 6.25. The van der Waals surface area contributed by atoms with Crippen molar-refractivity contribution < 1.29 is 24.4 Å². The van der Waals surface area contributed by atoms with E-state index in [2.05, 4.69) is 10.4 Å². The van der Waals surface area contributed by atoms with Gasteiger partial charge in [-0.2, -0.15) is 5.10 Å². The van der Waals surface area contributed by atoms with Crippen LogP contribution in [0.3, 0.4) is 0 Å². The van der Waals surface area contributed by atoms with Gasteiger partial charge in [0, 0.05) is 17.7 Å². The highest BCUT2D eigenvalue weighted by molar-refractivity contribution is 8.01. The minimum absolute atomic E-state index is 0.00874. The summed E-state index contributed by atoms with van der Waals surface area (Å²) in [5, 5.41) is 26.4. The average molecular weight is 397 g/mol. The molecule has 2 aliphatic heterocycles. The van der Waals surface area contributed by atoms with Crippen molar-refractivity contribution in [3.05, 3.63) is 22.0 Å². The second kappa shape index (κ2) is 6.51.